The number of carbonyl (C=O) groups is 1. The minimum atomic E-state index is 0. The molecule has 1 rings (SSSR count). The summed E-state index contributed by atoms with van der Waals surface area (Å²) < 4.78 is 5.34. The van der Waals surface area contributed by atoms with Crippen LogP contribution in [0.4, 0.5) is 0 Å². The van der Waals surface area contributed by atoms with E-state index in [1.807, 2.05) is 38.2 Å². The van der Waals surface area contributed by atoms with E-state index in [9.17, 15) is 4.79 Å². The Morgan fingerprint density at radius 3 is 2.45 bits per heavy atom. The Bertz CT molecular complexity index is 369. The summed E-state index contributed by atoms with van der Waals surface area (Å²) in [6.45, 7) is 4.82. The Morgan fingerprint density at radius 1 is 1.20 bits per heavy atom. The maximum atomic E-state index is 11.5. The fourth-order valence-electron chi connectivity index (χ4n) is 1.69. The molecular weight excluding hydrogens is 276 g/mol. The van der Waals surface area contributed by atoms with Crippen molar-refractivity contribution in [1.29, 1.82) is 0 Å². The van der Waals surface area contributed by atoms with Gasteiger partial charge in [-0.15, -0.1) is 12.4 Å². The fraction of sp³-hybridized carbons (Fsp3) is 0.533. The summed E-state index contributed by atoms with van der Waals surface area (Å²) in [7, 11) is 1.89. The van der Waals surface area contributed by atoms with Crippen LogP contribution in [-0.4, -0.2) is 26.1 Å². The molecule has 1 aromatic rings. The van der Waals surface area contributed by atoms with Crippen LogP contribution in [0, 0.1) is 0 Å². The molecule has 20 heavy (non-hydrogen) atoms. The van der Waals surface area contributed by atoms with E-state index >= 15 is 0 Å². The predicted molar refractivity (Wildman–Crippen MR) is 84.0 cm³/mol. The second-order valence-electron chi connectivity index (χ2n) is 4.44. The van der Waals surface area contributed by atoms with Crippen molar-refractivity contribution in [3.05, 3.63) is 35.4 Å². The molecule has 0 heterocycles. The van der Waals surface area contributed by atoms with E-state index in [1.165, 1.54) is 0 Å². The average molecular weight is 301 g/mol. The van der Waals surface area contributed by atoms with Crippen molar-refractivity contribution in [2.45, 2.75) is 32.9 Å². The first-order valence-corrected chi connectivity index (χ1v) is 6.83. The van der Waals surface area contributed by atoms with Gasteiger partial charge in [0.15, 0.2) is 0 Å². The van der Waals surface area contributed by atoms with Crippen LogP contribution < -0.4 is 10.6 Å². The first-order valence-electron chi connectivity index (χ1n) is 6.83. The van der Waals surface area contributed by atoms with Crippen LogP contribution in [0.15, 0.2) is 24.3 Å². The molecule has 0 aliphatic carbocycles. The van der Waals surface area contributed by atoms with E-state index in [4.69, 9.17) is 4.74 Å². The Kier molecular flexibility index (Phi) is 11.1. The number of rotatable bonds is 9. The van der Waals surface area contributed by atoms with Crippen molar-refractivity contribution in [2.75, 3.05) is 20.2 Å². The van der Waals surface area contributed by atoms with Gasteiger partial charge in [-0.2, -0.15) is 0 Å². The van der Waals surface area contributed by atoms with E-state index in [0.29, 0.717) is 19.6 Å². The van der Waals surface area contributed by atoms with Crippen molar-refractivity contribution in [2.24, 2.45) is 0 Å². The first-order chi connectivity index (χ1) is 9.26. The van der Waals surface area contributed by atoms with Crippen LogP contribution in [0.5, 0.6) is 0 Å². The van der Waals surface area contributed by atoms with Gasteiger partial charge in [0.2, 0.25) is 5.91 Å². The molecule has 0 aliphatic heterocycles. The topological polar surface area (TPSA) is 50.4 Å². The second-order valence-corrected chi connectivity index (χ2v) is 4.44. The molecule has 0 saturated heterocycles. The summed E-state index contributed by atoms with van der Waals surface area (Å²) in [5.41, 5.74) is 2.27. The zero-order valence-electron chi connectivity index (χ0n) is 12.3. The van der Waals surface area contributed by atoms with Crippen molar-refractivity contribution < 1.29 is 9.53 Å². The number of nitrogens with one attached hydrogen (secondary N) is 2. The molecule has 0 bridgehead atoms. The summed E-state index contributed by atoms with van der Waals surface area (Å²) >= 11 is 0. The third-order valence-corrected chi connectivity index (χ3v) is 2.82. The molecule has 0 aliphatic rings. The lowest BCUT2D eigenvalue weighted by Crippen LogP contribution is -2.23. The van der Waals surface area contributed by atoms with Crippen LogP contribution in [0.1, 0.15) is 30.9 Å². The zero-order chi connectivity index (χ0) is 13.9. The van der Waals surface area contributed by atoms with Crippen LogP contribution in [0.25, 0.3) is 0 Å². The van der Waals surface area contributed by atoms with E-state index in [2.05, 4.69) is 10.6 Å². The molecule has 0 aromatic heterocycles. The number of hydrogen-bond donors (Lipinski definition) is 2. The van der Waals surface area contributed by atoms with Crippen molar-refractivity contribution in [3.63, 3.8) is 0 Å². The van der Waals surface area contributed by atoms with E-state index in [0.717, 1.165) is 30.7 Å². The van der Waals surface area contributed by atoms with Crippen molar-refractivity contribution in [3.8, 4) is 0 Å². The second kappa shape index (κ2) is 11.7. The largest absolute Gasteiger partial charge is 0.377 e. The molecule has 1 aromatic carbocycles. The van der Waals surface area contributed by atoms with E-state index in [1.54, 1.807) is 0 Å². The van der Waals surface area contributed by atoms with Gasteiger partial charge in [0.25, 0.3) is 0 Å². The lowest BCUT2D eigenvalue weighted by atomic mass is 10.1. The molecule has 0 saturated carbocycles. The van der Waals surface area contributed by atoms with E-state index in [-0.39, 0.29) is 18.3 Å². The highest BCUT2D eigenvalue weighted by Gasteiger charge is 2.01. The molecular formula is C15H25ClN2O2. The van der Waals surface area contributed by atoms with Gasteiger partial charge < -0.3 is 15.4 Å². The molecule has 114 valence electrons. The minimum Gasteiger partial charge on any atom is -0.377 e. The SMILES string of the molecule is CCOCc1ccc(CNC(=O)CCCNC)cc1.Cl. The fourth-order valence-corrected chi connectivity index (χ4v) is 1.69. The van der Waals surface area contributed by atoms with Gasteiger partial charge in [0, 0.05) is 19.6 Å². The van der Waals surface area contributed by atoms with Crippen LogP contribution in [0.2, 0.25) is 0 Å². The maximum absolute atomic E-state index is 11.5. The molecule has 0 fully saturated rings. The normalized spacial score (nSPS) is 9.90. The summed E-state index contributed by atoms with van der Waals surface area (Å²) in [5.74, 6) is 0.105. The highest BCUT2D eigenvalue weighted by molar-refractivity contribution is 5.85. The Hall–Kier alpha value is -1.10. The average Bonchev–Trinajstić information content (AvgIpc) is 2.44. The van der Waals surface area contributed by atoms with Gasteiger partial charge in [-0.25, -0.2) is 0 Å². The standard InChI is InChI=1S/C15H24N2O2.ClH/c1-3-19-12-14-8-6-13(7-9-14)11-17-15(18)5-4-10-16-2;/h6-9,16H,3-5,10-12H2,1-2H3,(H,17,18);1H. The van der Waals surface area contributed by atoms with Gasteiger partial charge in [-0.1, -0.05) is 24.3 Å². The van der Waals surface area contributed by atoms with Crippen LogP contribution >= 0.6 is 12.4 Å². The quantitative estimate of drug-likeness (QED) is 0.688. The summed E-state index contributed by atoms with van der Waals surface area (Å²) in [6.07, 6.45) is 1.44. The number of ether oxygens (including phenoxy) is 1. The molecule has 2 N–H and O–H groups in total. The smallest absolute Gasteiger partial charge is 0.220 e. The lowest BCUT2D eigenvalue weighted by molar-refractivity contribution is -0.121. The van der Waals surface area contributed by atoms with Crippen molar-refractivity contribution >= 4 is 18.3 Å². The lowest BCUT2D eigenvalue weighted by Gasteiger charge is -2.07. The third kappa shape index (κ3) is 8.15. The molecule has 1 amide bonds. The number of amides is 1. The summed E-state index contributed by atoms with van der Waals surface area (Å²) in [5, 5.41) is 5.95. The Morgan fingerprint density at radius 2 is 1.85 bits per heavy atom. The van der Waals surface area contributed by atoms with Crippen LogP contribution in [0.3, 0.4) is 0 Å². The molecule has 0 unspecified atom stereocenters. The minimum absolute atomic E-state index is 0. The number of carbonyl (C=O) groups excluding carboxylic acids is 1. The van der Waals surface area contributed by atoms with Gasteiger partial charge in [0.1, 0.15) is 0 Å². The third-order valence-electron chi connectivity index (χ3n) is 2.82. The number of halogens is 1. The van der Waals surface area contributed by atoms with Gasteiger partial charge in [-0.05, 0) is 38.1 Å². The predicted octanol–water partition coefficient (Wildman–Crippen LogP) is 2.26. The Labute approximate surface area is 127 Å². The van der Waals surface area contributed by atoms with Gasteiger partial charge in [-0.3, -0.25) is 4.79 Å². The monoisotopic (exact) mass is 300 g/mol. The Balaban J connectivity index is 0.00000361. The zero-order valence-corrected chi connectivity index (χ0v) is 13.1. The van der Waals surface area contributed by atoms with Crippen molar-refractivity contribution in [1.82, 2.24) is 10.6 Å². The first kappa shape index (κ1) is 18.9. The van der Waals surface area contributed by atoms with Gasteiger partial charge in [0.05, 0.1) is 6.61 Å². The number of hydrogen-bond acceptors (Lipinski definition) is 3. The molecule has 4 nitrogen and oxygen atoms in total. The highest BCUT2D eigenvalue weighted by atomic mass is 35.5. The highest BCUT2D eigenvalue weighted by Crippen LogP contribution is 2.05. The molecule has 0 atom stereocenters. The van der Waals surface area contributed by atoms with Gasteiger partial charge >= 0.3 is 0 Å². The number of benzene rings is 1. The summed E-state index contributed by atoms with van der Waals surface area (Å²) in [6, 6.07) is 8.14. The summed E-state index contributed by atoms with van der Waals surface area (Å²) in [4.78, 5) is 11.5. The maximum Gasteiger partial charge on any atom is 0.220 e. The van der Waals surface area contributed by atoms with Crippen LogP contribution in [-0.2, 0) is 22.7 Å². The van der Waals surface area contributed by atoms with E-state index < -0.39 is 0 Å². The molecule has 5 heteroatoms. The molecule has 0 radical (unpaired) electrons. The molecule has 0 spiro atoms.